The molecule has 1 aliphatic carbocycles. The minimum Gasteiger partial charge on any atom is -0.496 e. The van der Waals surface area contributed by atoms with Gasteiger partial charge in [0.15, 0.2) is 0 Å². The van der Waals surface area contributed by atoms with E-state index >= 15 is 0 Å². The third-order valence-corrected chi connectivity index (χ3v) is 3.88. The zero-order chi connectivity index (χ0) is 14.6. The molecule has 20 heavy (non-hydrogen) atoms. The number of nitrogens with one attached hydrogen (secondary N) is 1. The van der Waals surface area contributed by atoms with Crippen LogP contribution in [-0.2, 0) is 0 Å². The monoisotopic (exact) mass is 279 g/mol. The van der Waals surface area contributed by atoms with Crippen LogP contribution in [0.25, 0.3) is 0 Å². The lowest BCUT2D eigenvalue weighted by atomic mass is 10.0. The number of carbonyl (C=O) groups excluding carboxylic acids is 1. The van der Waals surface area contributed by atoms with E-state index in [4.69, 9.17) is 14.6 Å². The van der Waals surface area contributed by atoms with Gasteiger partial charge in [-0.25, -0.2) is 0 Å². The molecule has 1 saturated carbocycles. The summed E-state index contributed by atoms with van der Waals surface area (Å²) in [7, 11) is 3.05. The Kier molecular flexibility index (Phi) is 4.49. The number of ether oxygens (including phenoxy) is 2. The van der Waals surface area contributed by atoms with Gasteiger partial charge in [-0.1, -0.05) is 6.07 Å². The van der Waals surface area contributed by atoms with Gasteiger partial charge in [0.05, 0.1) is 14.2 Å². The average Bonchev–Trinajstić information content (AvgIpc) is 3.24. The highest BCUT2D eigenvalue weighted by Gasteiger charge is 2.42. The fourth-order valence-corrected chi connectivity index (χ4v) is 2.36. The molecule has 0 atom stereocenters. The first-order valence-electron chi connectivity index (χ1n) is 6.76. The second-order valence-electron chi connectivity index (χ2n) is 5.19. The molecule has 0 spiro atoms. The van der Waals surface area contributed by atoms with Gasteiger partial charge in [0, 0.05) is 13.2 Å². The van der Waals surface area contributed by atoms with E-state index in [-0.39, 0.29) is 17.9 Å². The Balaban J connectivity index is 2.09. The zero-order valence-corrected chi connectivity index (χ0v) is 11.9. The van der Waals surface area contributed by atoms with E-state index in [0.29, 0.717) is 23.6 Å². The van der Waals surface area contributed by atoms with Crippen molar-refractivity contribution in [3.63, 3.8) is 0 Å². The predicted octanol–water partition coefficient (Wildman–Crippen LogP) is 1.60. The van der Waals surface area contributed by atoms with Gasteiger partial charge in [-0.05, 0) is 36.8 Å². The van der Waals surface area contributed by atoms with Crippen LogP contribution in [0.3, 0.4) is 0 Å². The van der Waals surface area contributed by atoms with Crippen molar-refractivity contribution in [1.29, 1.82) is 0 Å². The summed E-state index contributed by atoms with van der Waals surface area (Å²) < 4.78 is 10.4. The van der Waals surface area contributed by atoms with Gasteiger partial charge >= 0.3 is 0 Å². The molecule has 1 fully saturated rings. The summed E-state index contributed by atoms with van der Waals surface area (Å²) in [6, 6.07) is 5.25. The quantitative estimate of drug-likeness (QED) is 0.795. The number of amides is 1. The smallest absolute Gasteiger partial charge is 0.258 e. The van der Waals surface area contributed by atoms with Crippen molar-refractivity contribution in [2.24, 2.45) is 5.41 Å². The predicted molar refractivity (Wildman–Crippen MR) is 75.2 cm³/mol. The molecule has 5 heteroatoms. The molecule has 110 valence electrons. The molecule has 1 amide bonds. The number of hydrogen-bond donors (Lipinski definition) is 2. The van der Waals surface area contributed by atoms with Crippen LogP contribution in [0, 0.1) is 5.41 Å². The van der Waals surface area contributed by atoms with Crippen molar-refractivity contribution >= 4 is 5.91 Å². The van der Waals surface area contributed by atoms with Crippen LogP contribution in [0.4, 0.5) is 0 Å². The fraction of sp³-hybridized carbons (Fsp3) is 0.533. The molecule has 1 aromatic carbocycles. The third-order valence-electron chi connectivity index (χ3n) is 3.88. The summed E-state index contributed by atoms with van der Waals surface area (Å²) in [4.78, 5) is 12.3. The zero-order valence-electron chi connectivity index (χ0n) is 11.9. The largest absolute Gasteiger partial charge is 0.496 e. The number of aliphatic hydroxyl groups excluding tert-OH is 1. The maximum atomic E-state index is 12.3. The molecule has 0 unspecified atom stereocenters. The van der Waals surface area contributed by atoms with E-state index in [9.17, 15) is 4.79 Å². The maximum absolute atomic E-state index is 12.3. The SMILES string of the molecule is COc1cccc(OC)c1C(=O)NCC1(CCO)CC1. The third kappa shape index (κ3) is 3.04. The number of hydrogen-bond acceptors (Lipinski definition) is 4. The van der Waals surface area contributed by atoms with E-state index in [1.807, 2.05) is 0 Å². The van der Waals surface area contributed by atoms with Gasteiger partial charge in [0.1, 0.15) is 17.1 Å². The highest BCUT2D eigenvalue weighted by atomic mass is 16.5. The Morgan fingerprint density at radius 1 is 1.30 bits per heavy atom. The highest BCUT2D eigenvalue weighted by Crippen LogP contribution is 2.48. The molecule has 0 saturated heterocycles. The number of aliphatic hydroxyl groups is 1. The maximum Gasteiger partial charge on any atom is 0.258 e. The van der Waals surface area contributed by atoms with Crippen LogP contribution in [-0.4, -0.2) is 38.4 Å². The molecule has 2 N–H and O–H groups in total. The molecule has 1 aliphatic rings. The Labute approximate surface area is 118 Å². The molecule has 0 radical (unpaired) electrons. The van der Waals surface area contributed by atoms with Gasteiger partial charge in [0.25, 0.3) is 5.91 Å². The van der Waals surface area contributed by atoms with E-state index < -0.39 is 0 Å². The van der Waals surface area contributed by atoms with E-state index in [2.05, 4.69) is 5.32 Å². The van der Waals surface area contributed by atoms with Crippen molar-refractivity contribution in [3.05, 3.63) is 23.8 Å². The van der Waals surface area contributed by atoms with Crippen molar-refractivity contribution in [2.75, 3.05) is 27.4 Å². The van der Waals surface area contributed by atoms with Gasteiger partial charge in [0.2, 0.25) is 0 Å². The van der Waals surface area contributed by atoms with E-state index in [1.54, 1.807) is 18.2 Å². The normalized spacial score (nSPS) is 15.6. The first-order valence-corrected chi connectivity index (χ1v) is 6.76. The van der Waals surface area contributed by atoms with Gasteiger partial charge in [-0.3, -0.25) is 4.79 Å². The summed E-state index contributed by atoms with van der Waals surface area (Å²) in [6.07, 6.45) is 2.84. The van der Waals surface area contributed by atoms with Crippen LogP contribution in [0.5, 0.6) is 11.5 Å². The van der Waals surface area contributed by atoms with Crippen molar-refractivity contribution in [3.8, 4) is 11.5 Å². The molecule has 0 heterocycles. The number of methoxy groups -OCH3 is 2. The molecular formula is C15H21NO4. The van der Waals surface area contributed by atoms with Crippen LogP contribution in [0.2, 0.25) is 0 Å². The van der Waals surface area contributed by atoms with E-state index in [1.165, 1.54) is 14.2 Å². The summed E-state index contributed by atoms with van der Waals surface area (Å²) in [5.74, 6) is 0.784. The van der Waals surface area contributed by atoms with Crippen molar-refractivity contribution in [2.45, 2.75) is 19.3 Å². The average molecular weight is 279 g/mol. The minimum atomic E-state index is -0.205. The number of carbonyl (C=O) groups is 1. The first-order chi connectivity index (χ1) is 9.65. The lowest BCUT2D eigenvalue weighted by molar-refractivity contribution is 0.0934. The first kappa shape index (κ1) is 14.7. The molecule has 5 nitrogen and oxygen atoms in total. The molecule has 0 aromatic heterocycles. The second-order valence-corrected chi connectivity index (χ2v) is 5.19. The summed E-state index contributed by atoms with van der Waals surface area (Å²) in [6.45, 7) is 0.738. The van der Waals surface area contributed by atoms with Gasteiger partial charge in [-0.2, -0.15) is 0 Å². The van der Waals surface area contributed by atoms with Crippen LogP contribution in [0.15, 0.2) is 18.2 Å². The Morgan fingerprint density at radius 3 is 2.35 bits per heavy atom. The lowest BCUT2D eigenvalue weighted by Crippen LogP contribution is -2.31. The Hall–Kier alpha value is -1.75. The van der Waals surface area contributed by atoms with Gasteiger partial charge in [-0.15, -0.1) is 0 Å². The van der Waals surface area contributed by atoms with Crippen LogP contribution < -0.4 is 14.8 Å². The Morgan fingerprint density at radius 2 is 1.90 bits per heavy atom. The Bertz CT molecular complexity index is 461. The van der Waals surface area contributed by atoms with Crippen LogP contribution >= 0.6 is 0 Å². The lowest BCUT2D eigenvalue weighted by Gasteiger charge is -2.17. The molecule has 0 bridgehead atoms. The van der Waals surface area contributed by atoms with Crippen molar-refractivity contribution in [1.82, 2.24) is 5.32 Å². The topological polar surface area (TPSA) is 67.8 Å². The second kappa shape index (κ2) is 6.13. The van der Waals surface area contributed by atoms with Crippen LogP contribution in [0.1, 0.15) is 29.6 Å². The number of benzene rings is 1. The minimum absolute atomic E-state index is 0.0830. The molecule has 2 rings (SSSR count). The summed E-state index contributed by atoms with van der Waals surface area (Å²) >= 11 is 0. The highest BCUT2D eigenvalue weighted by molar-refractivity contribution is 5.99. The summed E-state index contributed by atoms with van der Waals surface area (Å²) in [5, 5.41) is 12.0. The molecule has 1 aromatic rings. The summed E-state index contributed by atoms with van der Waals surface area (Å²) in [5.41, 5.74) is 0.497. The van der Waals surface area contributed by atoms with Gasteiger partial charge < -0.3 is 19.9 Å². The molecule has 0 aliphatic heterocycles. The fourth-order valence-electron chi connectivity index (χ4n) is 2.36. The van der Waals surface area contributed by atoms with E-state index in [0.717, 1.165) is 19.3 Å². The number of rotatable bonds is 7. The van der Waals surface area contributed by atoms with Crippen molar-refractivity contribution < 1.29 is 19.4 Å². The molecular weight excluding hydrogens is 258 g/mol. The standard InChI is InChI=1S/C15H21NO4/c1-19-11-4-3-5-12(20-2)13(11)14(18)16-10-15(6-7-15)8-9-17/h3-5,17H,6-10H2,1-2H3,(H,16,18).